The molecule has 13 heteroatoms. The minimum atomic E-state index is -3.45. The Hall–Kier alpha value is -2.71. The van der Waals surface area contributed by atoms with Gasteiger partial charge in [-0.1, -0.05) is 71.4 Å². The number of benzene rings is 1. The van der Waals surface area contributed by atoms with Crippen molar-refractivity contribution < 1.29 is 37.1 Å². The molecule has 2 saturated heterocycles. The Kier molecular flexibility index (Phi) is 17.1. The Balaban J connectivity index is 1.45. The number of methoxy groups -OCH3 is 2. The first-order chi connectivity index (χ1) is 26.5. The van der Waals surface area contributed by atoms with Gasteiger partial charge in [-0.25, -0.2) is 13.1 Å². The maximum Gasteiger partial charge on any atom is 0.226 e. The topological polar surface area (TPSA) is 151 Å². The number of Topliss-reactive ketones (excluding diaryl/α,β-unsaturated/α-hetero) is 2. The van der Waals surface area contributed by atoms with E-state index in [4.69, 9.17) is 9.47 Å². The van der Waals surface area contributed by atoms with Gasteiger partial charge < -0.3 is 24.6 Å². The summed E-state index contributed by atoms with van der Waals surface area (Å²) in [5.41, 5.74) is 1.01. The van der Waals surface area contributed by atoms with Gasteiger partial charge in [0.15, 0.2) is 5.78 Å². The smallest absolute Gasteiger partial charge is 0.226 e. The Bertz CT molecular complexity index is 1570. The monoisotopic (exact) mass is 802 g/mol. The lowest BCUT2D eigenvalue weighted by Crippen LogP contribution is -2.54. The largest absolute Gasteiger partial charge is 0.379 e. The second-order valence-electron chi connectivity index (χ2n) is 17.4. The highest BCUT2D eigenvalue weighted by atomic mass is 32.2. The quantitative estimate of drug-likeness (QED) is 0.161. The van der Waals surface area contributed by atoms with Crippen molar-refractivity contribution in [3.8, 4) is 0 Å². The number of amides is 2. The first kappa shape index (κ1) is 46.0. The molecule has 1 aliphatic carbocycles. The lowest BCUT2D eigenvalue weighted by molar-refractivity contribution is -0.149. The average Bonchev–Trinajstić information content (AvgIpc) is 3.94. The van der Waals surface area contributed by atoms with Gasteiger partial charge >= 0.3 is 0 Å². The number of piperidine rings is 1. The number of fused-ring (bicyclic) bond motifs is 2. The number of likely N-dealkylation sites (tertiary alicyclic amines) is 1. The van der Waals surface area contributed by atoms with Gasteiger partial charge in [-0.05, 0) is 67.8 Å². The van der Waals surface area contributed by atoms with Crippen molar-refractivity contribution in [1.82, 2.24) is 19.8 Å². The average molecular weight is 803 g/mol. The molecule has 0 unspecified atom stereocenters. The van der Waals surface area contributed by atoms with Gasteiger partial charge in [0.2, 0.25) is 21.8 Å². The van der Waals surface area contributed by atoms with Gasteiger partial charge in [-0.15, -0.1) is 0 Å². The summed E-state index contributed by atoms with van der Waals surface area (Å²) < 4.78 is 38.6. The molecule has 0 aromatic heterocycles. The van der Waals surface area contributed by atoms with Crippen LogP contribution in [0.5, 0.6) is 0 Å². The van der Waals surface area contributed by atoms with Crippen molar-refractivity contribution in [2.24, 2.45) is 35.5 Å². The molecule has 0 spiro atoms. The van der Waals surface area contributed by atoms with E-state index in [1.54, 1.807) is 26.2 Å². The highest BCUT2D eigenvalue weighted by Crippen LogP contribution is 2.37. The molecule has 2 heterocycles. The van der Waals surface area contributed by atoms with Gasteiger partial charge in [-0.3, -0.25) is 19.2 Å². The van der Waals surface area contributed by atoms with E-state index < -0.39 is 40.1 Å². The summed E-state index contributed by atoms with van der Waals surface area (Å²) in [7, 11) is 1.49. The van der Waals surface area contributed by atoms with E-state index in [0.717, 1.165) is 43.9 Å². The minimum absolute atomic E-state index is 0.0113. The molecule has 12 nitrogen and oxygen atoms in total. The van der Waals surface area contributed by atoms with Crippen molar-refractivity contribution in [3.05, 3.63) is 35.9 Å². The lowest BCUT2D eigenvalue weighted by Gasteiger charge is -2.41. The molecule has 2 bridgehead atoms. The predicted molar refractivity (Wildman–Crippen MR) is 218 cm³/mol. The zero-order chi connectivity index (χ0) is 41.3. The summed E-state index contributed by atoms with van der Waals surface area (Å²) in [6.07, 6.45) is 6.31. The number of rotatable bonds is 23. The van der Waals surface area contributed by atoms with Crippen LogP contribution in [0.25, 0.3) is 0 Å². The van der Waals surface area contributed by atoms with Crippen LogP contribution < -0.4 is 10.0 Å². The number of nitrogens with zero attached hydrogens (tertiary/aromatic N) is 2. The summed E-state index contributed by atoms with van der Waals surface area (Å²) in [6.45, 7) is 10.6. The summed E-state index contributed by atoms with van der Waals surface area (Å²) >= 11 is 0. The van der Waals surface area contributed by atoms with Gasteiger partial charge in [0, 0.05) is 65.1 Å². The van der Waals surface area contributed by atoms with E-state index in [9.17, 15) is 27.6 Å². The molecule has 56 heavy (non-hydrogen) atoms. The van der Waals surface area contributed by atoms with Crippen LogP contribution in [0.2, 0.25) is 0 Å². The molecule has 1 aromatic carbocycles. The Labute approximate surface area is 336 Å². The molecule has 1 aromatic rings. The van der Waals surface area contributed by atoms with Gasteiger partial charge in [-0.2, -0.15) is 0 Å². The fourth-order valence-corrected chi connectivity index (χ4v) is 10.2. The third kappa shape index (κ3) is 11.9. The van der Waals surface area contributed by atoms with Gasteiger partial charge in [0.05, 0.1) is 43.0 Å². The fraction of sp³-hybridized carbons (Fsp3) is 0.767. The van der Waals surface area contributed by atoms with Crippen LogP contribution >= 0.6 is 0 Å². The molecule has 11 atom stereocenters. The highest BCUT2D eigenvalue weighted by Gasteiger charge is 2.45. The van der Waals surface area contributed by atoms with E-state index in [1.807, 2.05) is 56.0 Å². The van der Waals surface area contributed by atoms with Crippen LogP contribution in [0.1, 0.15) is 98.0 Å². The summed E-state index contributed by atoms with van der Waals surface area (Å²) in [6, 6.07) is 9.20. The number of hydrogen-bond acceptors (Lipinski definition) is 9. The maximum absolute atomic E-state index is 14.3. The lowest BCUT2D eigenvalue weighted by atomic mass is 9.83. The van der Waals surface area contributed by atoms with Crippen molar-refractivity contribution in [2.75, 3.05) is 40.6 Å². The highest BCUT2D eigenvalue weighted by molar-refractivity contribution is 7.88. The number of ketones is 2. The van der Waals surface area contributed by atoms with E-state index >= 15 is 0 Å². The molecule has 4 rings (SSSR count). The van der Waals surface area contributed by atoms with Crippen molar-refractivity contribution in [1.29, 1.82) is 0 Å². The van der Waals surface area contributed by atoms with Crippen molar-refractivity contribution in [3.63, 3.8) is 0 Å². The molecule has 3 fully saturated rings. The Morgan fingerprint density at radius 2 is 1.68 bits per heavy atom. The summed E-state index contributed by atoms with van der Waals surface area (Å²) in [4.78, 5) is 59.6. The van der Waals surface area contributed by atoms with Crippen LogP contribution in [-0.2, 0) is 45.1 Å². The number of carbonyl (C=O) groups is 4. The SMILES string of the molecule is CC[C@H](C)[C@@H]([C@@H](CC(=O)N1CCC[C@H]1[C@H](OC)[C@@H](C)C(=O)C[C@H](CNS(C)(=O)=O)Cc1ccccc1)OC)N(C)C(=O)[C@@H](CC(=O)[C@H]1N[C@@H]2CC[C@H]1C2)C(C)C. The standard InChI is InChI=1S/C43H70N4O8S/c1-10-28(4)41(46(6)43(51)34(27(2)3)24-37(49)40-32-18-19-33(23-32)45-40)38(54-7)25-39(50)47-20-14-17-35(47)42(55-8)29(5)36(48)22-31(26-44-56(9,52)53)21-30-15-12-11-13-16-30/h11-13,15-16,27-29,31-35,38,40-42,44-45H,10,14,17-26H2,1-9H3/t28-,29-,31+,32-,33+,34-,35-,38+,40-,41-,42+/m0/s1. The van der Waals surface area contributed by atoms with Gasteiger partial charge in [0.25, 0.3) is 0 Å². The zero-order valence-electron chi connectivity index (χ0n) is 35.4. The van der Waals surface area contributed by atoms with Gasteiger partial charge in [0.1, 0.15) is 5.78 Å². The van der Waals surface area contributed by atoms with Crippen LogP contribution in [0, 0.1) is 35.5 Å². The number of ether oxygens (including phenoxy) is 2. The third-order valence-corrected chi connectivity index (χ3v) is 13.8. The molecule has 0 radical (unpaired) electrons. The summed E-state index contributed by atoms with van der Waals surface area (Å²) in [5, 5.41) is 3.50. The molecule has 316 valence electrons. The second kappa shape index (κ2) is 20.8. The first-order valence-corrected chi connectivity index (χ1v) is 22.8. The molecule has 2 aliphatic heterocycles. The van der Waals surface area contributed by atoms with Crippen LogP contribution in [-0.4, -0.2) is 119 Å². The van der Waals surface area contributed by atoms with E-state index in [2.05, 4.69) is 23.9 Å². The Morgan fingerprint density at radius 3 is 2.23 bits per heavy atom. The molecular weight excluding hydrogens is 733 g/mol. The van der Waals surface area contributed by atoms with E-state index in [0.29, 0.717) is 31.3 Å². The normalized spacial score (nSPS) is 24.7. The maximum atomic E-state index is 14.3. The molecular formula is C43H70N4O8S. The molecule has 1 saturated carbocycles. The number of hydrogen-bond donors (Lipinski definition) is 2. The van der Waals surface area contributed by atoms with Crippen LogP contribution in [0.15, 0.2) is 30.3 Å². The zero-order valence-corrected chi connectivity index (χ0v) is 36.2. The Morgan fingerprint density at radius 1 is 0.982 bits per heavy atom. The van der Waals surface area contributed by atoms with Crippen molar-refractivity contribution in [2.45, 2.75) is 135 Å². The van der Waals surface area contributed by atoms with Crippen molar-refractivity contribution >= 4 is 33.4 Å². The van der Waals surface area contributed by atoms with Crippen LogP contribution in [0.4, 0.5) is 0 Å². The van der Waals surface area contributed by atoms with E-state index in [-0.39, 0.29) is 79.0 Å². The summed E-state index contributed by atoms with van der Waals surface area (Å²) in [5.74, 6) is -1.10. The predicted octanol–water partition coefficient (Wildman–Crippen LogP) is 4.65. The number of sulfonamides is 1. The third-order valence-electron chi connectivity index (χ3n) is 13.1. The first-order valence-electron chi connectivity index (χ1n) is 20.9. The van der Waals surface area contributed by atoms with E-state index in [1.165, 1.54) is 0 Å². The fourth-order valence-electron chi connectivity index (χ4n) is 9.67. The number of nitrogens with one attached hydrogen (secondary N) is 2. The minimum Gasteiger partial charge on any atom is -0.379 e. The number of likely N-dealkylation sites (N-methyl/N-ethyl adjacent to an activating group) is 1. The molecule has 3 aliphatic rings. The van der Waals surface area contributed by atoms with Crippen LogP contribution in [0.3, 0.4) is 0 Å². The number of carbonyl (C=O) groups excluding carboxylic acids is 4. The second-order valence-corrected chi connectivity index (χ2v) is 19.2. The molecule has 2 N–H and O–H groups in total. The molecule has 2 amide bonds.